The molecule has 0 atom stereocenters. The van der Waals surface area contributed by atoms with E-state index in [0.717, 1.165) is 0 Å². The maximum atomic E-state index is 8.74. The summed E-state index contributed by atoms with van der Waals surface area (Å²) in [5.74, 6) is 0. The van der Waals surface area contributed by atoms with Crippen molar-refractivity contribution in [3.63, 3.8) is 0 Å². The maximum absolute atomic E-state index is 8.74. The van der Waals surface area contributed by atoms with Gasteiger partial charge in [0.1, 0.15) is 0 Å². The van der Waals surface area contributed by atoms with Crippen LogP contribution in [0.2, 0.25) is 0 Å². The monoisotopic (exact) mass is 1150 g/mol. The summed E-state index contributed by atoms with van der Waals surface area (Å²) in [6.07, 6.45) is 0. The second-order valence-corrected chi connectivity index (χ2v) is 13.4. The van der Waals surface area contributed by atoms with Gasteiger partial charge in [-0.1, -0.05) is 0 Å². The van der Waals surface area contributed by atoms with E-state index in [9.17, 15) is 0 Å². The molecule has 0 aliphatic carbocycles. The Morgan fingerprint density at radius 3 is 0.123 bits per heavy atom. The van der Waals surface area contributed by atoms with Crippen molar-refractivity contribution in [1.82, 2.24) is 0 Å². The Bertz CT molecular complexity index is 1400. The van der Waals surface area contributed by atoms with Gasteiger partial charge in [-0.25, -0.2) is 0 Å². The van der Waals surface area contributed by atoms with Crippen LogP contribution in [0.3, 0.4) is 0 Å². The van der Waals surface area contributed by atoms with E-state index in [1.165, 1.54) is 0 Å². The third kappa shape index (κ3) is 6770. The van der Waals surface area contributed by atoms with Crippen LogP contribution in [0.25, 0.3) is 0 Å². The van der Waals surface area contributed by atoms with E-state index in [-0.39, 0.29) is 207 Å². The zero-order chi connectivity index (χ0) is 45.0. The van der Waals surface area contributed by atoms with E-state index in [0.29, 0.717) is 0 Å². The van der Waals surface area contributed by atoms with Crippen LogP contribution in [0, 0.1) is 0 Å². The molecule has 57 heavy (non-hydrogen) atoms. The first kappa shape index (κ1) is 114. The molecule has 0 spiro atoms. The van der Waals surface area contributed by atoms with Crippen molar-refractivity contribution in [3.8, 4) is 0 Å². The molecule has 57 heteroatoms. The van der Waals surface area contributed by atoms with Gasteiger partial charge < -0.3 is 0 Å². The number of hydrogen-bond acceptors (Lipinski definition) is 20. The van der Waals surface area contributed by atoms with Gasteiger partial charge in [-0.3, -0.25) is 91.1 Å². The molecule has 0 aliphatic rings. The van der Waals surface area contributed by atoms with Gasteiger partial charge in [0.05, 0.1) is 0 Å². The fourth-order valence-electron chi connectivity index (χ4n) is 0. The Morgan fingerprint density at radius 2 is 0.123 bits per heavy atom. The molecular weight excluding hydrogens is 1120 g/mol. The second kappa shape index (κ2) is 52.7. The molecule has 20 N–H and O–H groups in total. The Labute approximate surface area is 477 Å². The molecule has 0 rings (SSSR count). The molecule has 0 aromatic heterocycles. The Balaban J connectivity index is -0.0000000205. The van der Waals surface area contributed by atoms with Gasteiger partial charge in [-0.15, -0.1) is 0 Å². The van der Waals surface area contributed by atoms with Crippen LogP contribution in [-0.4, -0.2) is 382 Å². The van der Waals surface area contributed by atoms with Crippen molar-refractivity contribution in [1.29, 1.82) is 0 Å². The second-order valence-electron chi connectivity index (χ2n) is 4.48. The molecule has 0 radical (unpaired) electrons. The van der Waals surface area contributed by atoms with Crippen molar-refractivity contribution < 1.29 is 175 Å². The van der Waals surface area contributed by atoms with Crippen LogP contribution in [0.5, 0.6) is 0 Å². The van der Waals surface area contributed by atoms with Gasteiger partial charge in [0.25, 0.3) is 0 Å². The van der Waals surface area contributed by atoms with Crippen LogP contribution in [0.4, 0.5) is 0 Å². The average Bonchev–Trinajstić information content (AvgIpc) is 2.34. The van der Waals surface area contributed by atoms with Crippen LogP contribution in [-0.2, 0) is 104 Å². The molecule has 0 fully saturated rings. The molecule has 0 amide bonds. The van der Waals surface area contributed by atoms with E-state index in [4.69, 9.17) is 175 Å². The summed E-state index contributed by atoms with van der Waals surface area (Å²) in [6.45, 7) is 0. The quantitative estimate of drug-likeness (QED) is 0.0791. The van der Waals surface area contributed by atoms with Crippen LogP contribution >= 0.6 is 0 Å². The summed E-state index contributed by atoms with van der Waals surface area (Å²) in [7, 11) is -46.7. The summed E-state index contributed by atoms with van der Waals surface area (Å²) >= 11 is 0. The molecule has 334 valence electrons. The zero-order valence-corrected chi connectivity index (χ0v) is 29.4. The Hall–Kier alpha value is 5.70. The van der Waals surface area contributed by atoms with Gasteiger partial charge >= 0.3 is 311 Å². The Kier molecular flexibility index (Phi) is 106. The van der Waals surface area contributed by atoms with Gasteiger partial charge in [0, 0.05) is 0 Å². The molecule has 0 saturated heterocycles. The summed E-state index contributed by atoms with van der Waals surface area (Å²) in [6, 6.07) is 0. The molecule has 0 saturated carbocycles. The van der Waals surface area contributed by atoms with Gasteiger partial charge in [-0.2, -0.15) is 84.2 Å². The molecular formula is H27Na7O40S10. The summed E-state index contributed by atoms with van der Waals surface area (Å²) in [4.78, 5) is 0. The van der Waals surface area contributed by atoms with Crippen LogP contribution in [0.15, 0.2) is 0 Å². The molecule has 0 aromatic rings. The van der Waals surface area contributed by atoms with Crippen molar-refractivity contribution in [2.45, 2.75) is 0 Å². The predicted molar refractivity (Wildman–Crippen MR) is 192 cm³/mol. The molecule has 0 aromatic carbocycles. The van der Waals surface area contributed by atoms with E-state index in [2.05, 4.69) is 0 Å². The zero-order valence-electron chi connectivity index (χ0n) is 21.2. The first-order valence-electron chi connectivity index (χ1n) is 6.98. The summed E-state index contributed by atoms with van der Waals surface area (Å²) < 4.78 is 316. The first-order valence-corrected chi connectivity index (χ1v) is 21.0. The van der Waals surface area contributed by atoms with Crippen LogP contribution < -0.4 is 0 Å². The van der Waals surface area contributed by atoms with E-state index in [1.54, 1.807) is 0 Å². The fraction of sp³-hybridized carbons (Fsp3) is 0. The number of hydrogen-bond donors (Lipinski definition) is 20. The Morgan fingerprint density at radius 1 is 0.123 bits per heavy atom. The van der Waals surface area contributed by atoms with Gasteiger partial charge in [-0.05, 0) is 0 Å². The summed E-state index contributed by atoms with van der Waals surface area (Å²) in [5, 5.41) is 0. The van der Waals surface area contributed by atoms with E-state index < -0.39 is 104 Å². The molecule has 0 heterocycles. The molecule has 0 aliphatic heterocycles. The van der Waals surface area contributed by atoms with Crippen LogP contribution in [0.1, 0.15) is 0 Å². The van der Waals surface area contributed by atoms with Crippen molar-refractivity contribution >= 4 is 311 Å². The molecule has 40 nitrogen and oxygen atoms in total. The third-order valence-electron chi connectivity index (χ3n) is 0. The summed E-state index contributed by atoms with van der Waals surface area (Å²) in [5.41, 5.74) is 0. The SMILES string of the molecule is O=S(=O)(O)O.O=S(=O)(O)O.O=S(=O)(O)O.O=S(=O)(O)O.O=S(=O)(O)O.O=S(=O)(O)O.O=S(=O)(O)O.O=S(=O)(O)O.O=S(=O)(O)O.O=S(=O)(O)O.[NaH].[NaH].[NaH].[NaH].[NaH].[NaH].[NaH]. The van der Waals surface area contributed by atoms with E-state index in [1.807, 2.05) is 0 Å². The standard InChI is InChI=1S/7Na.10H2O4S.7H/c;;;;;;;10*1-5(2,3)4;;;;;;;/h;;;;;;;10*(H2,1,2,3,4);;;;;;;. The first-order chi connectivity index (χ1) is 20.0. The third-order valence-corrected chi connectivity index (χ3v) is 0. The van der Waals surface area contributed by atoms with Gasteiger partial charge in [0.2, 0.25) is 0 Å². The minimum absolute atomic E-state index is 0. The molecule has 0 bridgehead atoms. The predicted octanol–water partition coefficient (Wildman–Crippen LogP) is -11.1. The minimum atomic E-state index is -4.67. The van der Waals surface area contributed by atoms with Gasteiger partial charge in [0.15, 0.2) is 0 Å². The van der Waals surface area contributed by atoms with Crippen molar-refractivity contribution in [2.24, 2.45) is 0 Å². The normalized spacial score (nSPS) is 10.2. The fourth-order valence-corrected chi connectivity index (χ4v) is 0. The molecule has 0 unspecified atom stereocenters. The number of rotatable bonds is 0. The van der Waals surface area contributed by atoms with Crippen molar-refractivity contribution in [3.05, 3.63) is 0 Å². The van der Waals surface area contributed by atoms with E-state index >= 15 is 0 Å². The van der Waals surface area contributed by atoms with Crippen molar-refractivity contribution in [2.75, 3.05) is 0 Å². The topological polar surface area (TPSA) is 746 Å². The average molecular weight is 1150 g/mol.